The van der Waals surface area contributed by atoms with Gasteiger partial charge in [-0.3, -0.25) is 0 Å². The molecule has 0 radical (unpaired) electrons. The van der Waals surface area contributed by atoms with Gasteiger partial charge >= 0.3 is 0 Å². The first-order valence-electron chi connectivity index (χ1n) is 6.10. The van der Waals surface area contributed by atoms with E-state index in [1.165, 1.54) is 25.7 Å². The Labute approximate surface area is 89.1 Å². The van der Waals surface area contributed by atoms with Gasteiger partial charge in [0, 0.05) is 18.1 Å². The van der Waals surface area contributed by atoms with Crippen molar-refractivity contribution in [3.05, 3.63) is 0 Å². The lowest BCUT2D eigenvalue weighted by atomic mass is 9.90. The third kappa shape index (κ3) is 3.25. The second kappa shape index (κ2) is 5.72. The van der Waals surface area contributed by atoms with E-state index in [1.54, 1.807) is 0 Å². The van der Waals surface area contributed by atoms with E-state index in [2.05, 4.69) is 38.0 Å². The van der Waals surface area contributed by atoms with Crippen LogP contribution in [0.1, 0.15) is 46.5 Å². The molecule has 1 saturated carbocycles. The standard InChI is InChI=1S/C12H26N2/c1-5-13-10(2)9-11(3)14(4)12-7-6-8-12/h10-13H,5-9H2,1-4H3. The van der Waals surface area contributed by atoms with E-state index >= 15 is 0 Å². The van der Waals surface area contributed by atoms with Crippen LogP contribution < -0.4 is 5.32 Å². The predicted octanol–water partition coefficient (Wildman–Crippen LogP) is 2.25. The van der Waals surface area contributed by atoms with Crippen molar-refractivity contribution < 1.29 is 0 Å². The Bertz CT molecular complexity index is 154. The van der Waals surface area contributed by atoms with Crippen molar-refractivity contribution in [2.75, 3.05) is 13.6 Å². The molecular weight excluding hydrogens is 172 g/mol. The molecule has 1 fully saturated rings. The minimum atomic E-state index is 0.650. The molecule has 2 heteroatoms. The predicted molar refractivity (Wildman–Crippen MR) is 62.6 cm³/mol. The number of hydrogen-bond acceptors (Lipinski definition) is 2. The molecule has 0 heterocycles. The molecule has 84 valence electrons. The number of nitrogens with zero attached hydrogens (tertiary/aromatic N) is 1. The Kier molecular flexibility index (Phi) is 4.90. The smallest absolute Gasteiger partial charge is 0.00950 e. The Morgan fingerprint density at radius 3 is 2.43 bits per heavy atom. The zero-order chi connectivity index (χ0) is 10.6. The van der Waals surface area contributed by atoms with Crippen LogP contribution in [-0.4, -0.2) is 36.6 Å². The molecule has 0 bridgehead atoms. The van der Waals surface area contributed by atoms with Crippen LogP contribution in [0.15, 0.2) is 0 Å². The first kappa shape index (κ1) is 12.0. The molecule has 1 rings (SSSR count). The number of hydrogen-bond donors (Lipinski definition) is 1. The fourth-order valence-electron chi connectivity index (χ4n) is 2.26. The maximum atomic E-state index is 3.48. The van der Waals surface area contributed by atoms with Crippen molar-refractivity contribution in [2.45, 2.75) is 64.6 Å². The highest BCUT2D eigenvalue weighted by Gasteiger charge is 2.25. The Balaban J connectivity index is 2.21. The lowest BCUT2D eigenvalue weighted by molar-refractivity contribution is 0.108. The van der Waals surface area contributed by atoms with Gasteiger partial charge in [0.05, 0.1) is 0 Å². The van der Waals surface area contributed by atoms with E-state index in [9.17, 15) is 0 Å². The highest BCUT2D eigenvalue weighted by Crippen LogP contribution is 2.25. The average molecular weight is 198 g/mol. The molecule has 1 N–H and O–H groups in total. The van der Waals surface area contributed by atoms with E-state index in [4.69, 9.17) is 0 Å². The quantitative estimate of drug-likeness (QED) is 0.704. The van der Waals surface area contributed by atoms with Gasteiger partial charge in [-0.2, -0.15) is 0 Å². The normalized spacial score (nSPS) is 22.1. The minimum Gasteiger partial charge on any atom is -0.314 e. The summed E-state index contributed by atoms with van der Waals surface area (Å²) < 4.78 is 0. The van der Waals surface area contributed by atoms with E-state index in [1.807, 2.05) is 0 Å². The van der Waals surface area contributed by atoms with Gasteiger partial charge in [0.2, 0.25) is 0 Å². The molecule has 0 amide bonds. The zero-order valence-electron chi connectivity index (χ0n) is 10.2. The molecule has 2 unspecified atom stereocenters. The highest BCUT2D eigenvalue weighted by atomic mass is 15.2. The van der Waals surface area contributed by atoms with Gasteiger partial charge in [0.1, 0.15) is 0 Å². The topological polar surface area (TPSA) is 15.3 Å². The summed E-state index contributed by atoms with van der Waals surface area (Å²) in [5.74, 6) is 0. The van der Waals surface area contributed by atoms with E-state index < -0.39 is 0 Å². The summed E-state index contributed by atoms with van der Waals surface area (Å²) >= 11 is 0. The zero-order valence-corrected chi connectivity index (χ0v) is 10.2. The Morgan fingerprint density at radius 1 is 1.36 bits per heavy atom. The third-order valence-corrected chi connectivity index (χ3v) is 3.59. The van der Waals surface area contributed by atoms with Crippen LogP contribution in [0.3, 0.4) is 0 Å². The molecule has 2 atom stereocenters. The average Bonchev–Trinajstić information content (AvgIpc) is 2.01. The van der Waals surface area contributed by atoms with Crippen LogP contribution in [0.4, 0.5) is 0 Å². The van der Waals surface area contributed by atoms with Crippen LogP contribution in [0.5, 0.6) is 0 Å². The maximum absolute atomic E-state index is 3.48. The lowest BCUT2D eigenvalue weighted by Crippen LogP contribution is -2.45. The summed E-state index contributed by atoms with van der Waals surface area (Å²) in [6.45, 7) is 7.90. The molecule has 0 aromatic heterocycles. The Morgan fingerprint density at radius 2 is 2.00 bits per heavy atom. The molecular formula is C12H26N2. The molecule has 14 heavy (non-hydrogen) atoms. The van der Waals surface area contributed by atoms with Crippen LogP contribution in [0, 0.1) is 0 Å². The van der Waals surface area contributed by atoms with Gasteiger partial charge < -0.3 is 10.2 Å². The lowest BCUT2D eigenvalue weighted by Gasteiger charge is -2.39. The van der Waals surface area contributed by atoms with Crippen LogP contribution in [0.2, 0.25) is 0 Å². The van der Waals surface area contributed by atoms with Gasteiger partial charge in [0.15, 0.2) is 0 Å². The maximum Gasteiger partial charge on any atom is 0.00950 e. The highest BCUT2D eigenvalue weighted by molar-refractivity contribution is 4.82. The van der Waals surface area contributed by atoms with Crippen LogP contribution in [0.25, 0.3) is 0 Å². The van der Waals surface area contributed by atoms with E-state index in [0.29, 0.717) is 12.1 Å². The van der Waals surface area contributed by atoms with Gasteiger partial charge in [0.25, 0.3) is 0 Å². The summed E-state index contributed by atoms with van der Waals surface area (Å²) in [4.78, 5) is 2.57. The van der Waals surface area contributed by atoms with Crippen molar-refractivity contribution in [1.82, 2.24) is 10.2 Å². The van der Waals surface area contributed by atoms with Crippen molar-refractivity contribution in [3.8, 4) is 0 Å². The molecule has 0 aliphatic heterocycles. The second-order valence-corrected chi connectivity index (χ2v) is 4.79. The van der Waals surface area contributed by atoms with Crippen molar-refractivity contribution in [1.29, 1.82) is 0 Å². The van der Waals surface area contributed by atoms with Crippen LogP contribution >= 0.6 is 0 Å². The summed E-state index contributed by atoms with van der Waals surface area (Å²) in [6, 6.07) is 2.24. The largest absolute Gasteiger partial charge is 0.314 e. The van der Waals surface area contributed by atoms with Crippen molar-refractivity contribution >= 4 is 0 Å². The van der Waals surface area contributed by atoms with Gasteiger partial charge in [-0.1, -0.05) is 13.3 Å². The molecule has 1 aliphatic carbocycles. The van der Waals surface area contributed by atoms with E-state index in [-0.39, 0.29) is 0 Å². The molecule has 2 nitrogen and oxygen atoms in total. The summed E-state index contributed by atoms with van der Waals surface area (Å²) in [6.07, 6.45) is 5.53. The number of rotatable bonds is 6. The SMILES string of the molecule is CCNC(C)CC(C)N(C)C1CCC1. The number of nitrogens with one attached hydrogen (secondary N) is 1. The summed E-state index contributed by atoms with van der Waals surface area (Å²) in [7, 11) is 2.28. The van der Waals surface area contributed by atoms with Crippen molar-refractivity contribution in [2.24, 2.45) is 0 Å². The first-order valence-corrected chi connectivity index (χ1v) is 6.10. The third-order valence-electron chi connectivity index (χ3n) is 3.59. The second-order valence-electron chi connectivity index (χ2n) is 4.79. The minimum absolute atomic E-state index is 0.650. The fraction of sp³-hybridized carbons (Fsp3) is 1.00. The Hall–Kier alpha value is -0.0800. The van der Waals surface area contributed by atoms with Crippen molar-refractivity contribution in [3.63, 3.8) is 0 Å². The molecule has 0 spiro atoms. The molecule has 1 aliphatic rings. The molecule has 0 saturated heterocycles. The van der Waals surface area contributed by atoms with Crippen LogP contribution in [-0.2, 0) is 0 Å². The van der Waals surface area contributed by atoms with Gasteiger partial charge in [-0.15, -0.1) is 0 Å². The van der Waals surface area contributed by atoms with Gasteiger partial charge in [-0.25, -0.2) is 0 Å². The van der Waals surface area contributed by atoms with E-state index in [0.717, 1.165) is 12.6 Å². The molecule has 0 aromatic rings. The summed E-state index contributed by atoms with van der Waals surface area (Å²) in [5, 5.41) is 3.48. The fourth-order valence-corrected chi connectivity index (χ4v) is 2.26. The summed E-state index contributed by atoms with van der Waals surface area (Å²) in [5.41, 5.74) is 0. The molecule has 0 aromatic carbocycles. The van der Waals surface area contributed by atoms with Gasteiger partial charge in [-0.05, 0) is 46.7 Å². The monoisotopic (exact) mass is 198 g/mol. The first-order chi connectivity index (χ1) is 6.65.